The van der Waals surface area contributed by atoms with Crippen molar-refractivity contribution in [1.29, 1.82) is 0 Å². The van der Waals surface area contributed by atoms with Gasteiger partial charge in [0.1, 0.15) is 6.33 Å². The lowest BCUT2D eigenvalue weighted by Gasteiger charge is -1.81. The Hall–Kier alpha value is -0.960. The molecule has 2 aromatic heterocycles. The highest BCUT2D eigenvalue weighted by atomic mass is 32.1. The predicted octanol–water partition coefficient (Wildman–Crippen LogP) is 4.05. The summed E-state index contributed by atoms with van der Waals surface area (Å²) >= 11 is 1.73. The molecule has 2 rings (SSSR count). The van der Waals surface area contributed by atoms with Gasteiger partial charge in [-0.3, -0.25) is 0 Å². The summed E-state index contributed by atoms with van der Waals surface area (Å²) in [4.78, 5) is 9.31. The lowest BCUT2D eigenvalue weighted by atomic mass is 10.4. The second kappa shape index (κ2) is 7.44. The van der Waals surface area contributed by atoms with Crippen LogP contribution in [-0.2, 0) is 0 Å². The molecule has 0 atom stereocenters. The first kappa shape index (κ1) is 13.0. The van der Waals surface area contributed by atoms with Crippen molar-refractivity contribution in [2.45, 2.75) is 34.6 Å². The van der Waals surface area contributed by atoms with E-state index in [1.54, 1.807) is 17.7 Å². The minimum atomic E-state index is 1.05. The lowest BCUT2D eigenvalue weighted by molar-refractivity contribution is 1.23. The molecule has 0 aliphatic rings. The van der Waals surface area contributed by atoms with Crippen molar-refractivity contribution in [3.05, 3.63) is 23.5 Å². The number of hydrogen-bond acceptors (Lipinski definition) is 3. The fraction of sp³-hybridized carbons (Fsp3) is 0.455. The Labute approximate surface area is 90.0 Å². The van der Waals surface area contributed by atoms with Gasteiger partial charge in [-0.2, -0.15) is 0 Å². The summed E-state index contributed by atoms with van der Waals surface area (Å²) in [6, 6.07) is 2.07. The first-order valence-corrected chi connectivity index (χ1v) is 5.84. The monoisotopic (exact) mass is 210 g/mol. The first-order chi connectivity index (χ1) is 6.86. The summed E-state index contributed by atoms with van der Waals surface area (Å²) in [7, 11) is 0. The van der Waals surface area contributed by atoms with Crippen molar-refractivity contribution in [2.75, 3.05) is 0 Å². The molecule has 0 amide bonds. The number of aromatic nitrogens is 2. The summed E-state index contributed by atoms with van der Waals surface area (Å²) < 4.78 is 1.17. The van der Waals surface area contributed by atoms with Crippen LogP contribution in [0.1, 0.15) is 32.6 Å². The van der Waals surface area contributed by atoms with E-state index in [4.69, 9.17) is 0 Å². The van der Waals surface area contributed by atoms with E-state index in [-0.39, 0.29) is 0 Å². The van der Waals surface area contributed by atoms with Crippen LogP contribution in [0.4, 0.5) is 0 Å². The van der Waals surface area contributed by atoms with Crippen LogP contribution in [-0.4, -0.2) is 9.97 Å². The molecule has 78 valence electrons. The molecule has 0 saturated heterocycles. The standard InChI is InChI=1S/C7H6N2S.2C2H6/c1-5-2-6-7(10-5)3-8-4-9-6;2*1-2/h2-4H,1H3;2*1-2H3. The number of hydrogen-bond donors (Lipinski definition) is 0. The Bertz CT molecular complexity index is 322. The van der Waals surface area contributed by atoms with Crippen molar-refractivity contribution < 1.29 is 0 Å². The van der Waals surface area contributed by atoms with Crippen molar-refractivity contribution in [3.63, 3.8) is 0 Å². The first-order valence-electron chi connectivity index (χ1n) is 5.02. The third-order valence-electron chi connectivity index (χ3n) is 1.32. The Morgan fingerprint density at radius 3 is 2.36 bits per heavy atom. The minimum absolute atomic E-state index is 1.05. The summed E-state index contributed by atoms with van der Waals surface area (Å²) in [5.41, 5.74) is 1.05. The van der Waals surface area contributed by atoms with E-state index in [1.165, 1.54) is 9.58 Å². The fourth-order valence-electron chi connectivity index (χ4n) is 0.909. The molecule has 0 bridgehead atoms. The van der Waals surface area contributed by atoms with Crippen LogP contribution in [0.3, 0.4) is 0 Å². The van der Waals surface area contributed by atoms with Gasteiger partial charge in [0.2, 0.25) is 0 Å². The molecule has 0 aliphatic carbocycles. The third kappa shape index (κ3) is 3.42. The third-order valence-corrected chi connectivity index (χ3v) is 2.29. The molecule has 0 saturated carbocycles. The van der Waals surface area contributed by atoms with Gasteiger partial charge >= 0.3 is 0 Å². The van der Waals surface area contributed by atoms with Crippen LogP contribution < -0.4 is 0 Å². The number of fused-ring (bicyclic) bond motifs is 1. The maximum atomic E-state index is 4.10. The molecule has 2 heterocycles. The molecule has 0 radical (unpaired) electrons. The zero-order chi connectivity index (χ0) is 11.0. The second-order valence-corrected chi connectivity index (χ2v) is 3.42. The van der Waals surface area contributed by atoms with Gasteiger partial charge < -0.3 is 0 Å². The van der Waals surface area contributed by atoms with Gasteiger partial charge in [0.05, 0.1) is 10.2 Å². The number of aryl methyl sites for hydroxylation is 1. The van der Waals surface area contributed by atoms with Crippen molar-refractivity contribution in [3.8, 4) is 0 Å². The topological polar surface area (TPSA) is 25.8 Å². The Balaban J connectivity index is 0.000000379. The van der Waals surface area contributed by atoms with E-state index in [1.807, 2.05) is 33.9 Å². The molecule has 2 nitrogen and oxygen atoms in total. The van der Waals surface area contributed by atoms with Gasteiger partial charge in [-0.25, -0.2) is 9.97 Å². The minimum Gasteiger partial charge on any atom is -0.243 e. The number of thiophene rings is 1. The maximum absolute atomic E-state index is 4.10. The lowest BCUT2D eigenvalue weighted by Crippen LogP contribution is -1.72. The smallest absolute Gasteiger partial charge is 0.116 e. The average Bonchev–Trinajstić information content (AvgIpc) is 2.64. The number of rotatable bonds is 0. The van der Waals surface area contributed by atoms with Crippen LogP contribution >= 0.6 is 11.3 Å². The van der Waals surface area contributed by atoms with Gasteiger partial charge in [-0.05, 0) is 13.0 Å². The molecule has 0 spiro atoms. The van der Waals surface area contributed by atoms with E-state index in [0.29, 0.717) is 0 Å². The second-order valence-electron chi connectivity index (χ2n) is 2.13. The SMILES string of the molecule is CC.CC.Cc1cc2ncncc2s1. The van der Waals surface area contributed by atoms with Gasteiger partial charge in [0, 0.05) is 11.1 Å². The molecule has 0 fully saturated rings. The molecular weight excluding hydrogens is 192 g/mol. The van der Waals surface area contributed by atoms with Crippen LogP contribution in [0, 0.1) is 6.92 Å². The van der Waals surface area contributed by atoms with Gasteiger partial charge in [0.15, 0.2) is 0 Å². The summed E-state index contributed by atoms with van der Waals surface area (Å²) in [5.74, 6) is 0. The quantitative estimate of drug-likeness (QED) is 0.655. The summed E-state index contributed by atoms with van der Waals surface area (Å²) in [6.07, 6.45) is 3.43. The van der Waals surface area contributed by atoms with E-state index < -0.39 is 0 Å². The van der Waals surface area contributed by atoms with Gasteiger partial charge in [-0.1, -0.05) is 27.7 Å². The molecule has 0 aromatic carbocycles. The highest BCUT2D eigenvalue weighted by Crippen LogP contribution is 2.20. The molecule has 14 heavy (non-hydrogen) atoms. The normalized spacial score (nSPS) is 8.36. The highest BCUT2D eigenvalue weighted by Gasteiger charge is 1.96. The average molecular weight is 210 g/mol. The van der Waals surface area contributed by atoms with E-state index >= 15 is 0 Å². The summed E-state index contributed by atoms with van der Waals surface area (Å²) in [5, 5.41) is 0. The van der Waals surface area contributed by atoms with Crippen molar-refractivity contribution >= 4 is 21.6 Å². The van der Waals surface area contributed by atoms with Gasteiger partial charge in [0.25, 0.3) is 0 Å². The van der Waals surface area contributed by atoms with Crippen LogP contribution in [0.15, 0.2) is 18.6 Å². The fourth-order valence-corrected chi connectivity index (χ4v) is 1.76. The molecular formula is C11H18N2S. The molecule has 2 aromatic rings. The highest BCUT2D eigenvalue weighted by molar-refractivity contribution is 7.18. The van der Waals surface area contributed by atoms with E-state index in [2.05, 4.69) is 23.0 Å². The Morgan fingerprint density at radius 1 is 1.14 bits per heavy atom. The Kier molecular flexibility index (Phi) is 6.93. The van der Waals surface area contributed by atoms with Crippen molar-refractivity contribution in [2.24, 2.45) is 0 Å². The van der Waals surface area contributed by atoms with Crippen molar-refractivity contribution in [1.82, 2.24) is 9.97 Å². The van der Waals surface area contributed by atoms with Crippen LogP contribution in [0.5, 0.6) is 0 Å². The zero-order valence-electron chi connectivity index (χ0n) is 9.53. The molecule has 3 heteroatoms. The van der Waals surface area contributed by atoms with Crippen LogP contribution in [0.2, 0.25) is 0 Å². The predicted molar refractivity (Wildman–Crippen MR) is 64.8 cm³/mol. The number of nitrogens with zero attached hydrogens (tertiary/aromatic N) is 2. The molecule has 0 N–H and O–H groups in total. The zero-order valence-corrected chi connectivity index (χ0v) is 10.4. The molecule has 0 aliphatic heterocycles. The van der Waals surface area contributed by atoms with E-state index in [0.717, 1.165) is 5.52 Å². The summed E-state index contributed by atoms with van der Waals surface area (Å²) in [6.45, 7) is 10.1. The maximum Gasteiger partial charge on any atom is 0.116 e. The van der Waals surface area contributed by atoms with E-state index in [9.17, 15) is 0 Å². The van der Waals surface area contributed by atoms with Crippen LogP contribution in [0.25, 0.3) is 10.2 Å². The molecule has 0 unspecified atom stereocenters. The van der Waals surface area contributed by atoms with Gasteiger partial charge in [-0.15, -0.1) is 11.3 Å². The Morgan fingerprint density at radius 2 is 1.79 bits per heavy atom. The largest absolute Gasteiger partial charge is 0.243 e.